The molecule has 24 heavy (non-hydrogen) atoms. The van der Waals surface area contributed by atoms with E-state index < -0.39 is 0 Å². The number of nitrogens with zero attached hydrogens (tertiary/aromatic N) is 1. The van der Waals surface area contributed by atoms with Crippen molar-refractivity contribution < 1.29 is 4.74 Å². The lowest BCUT2D eigenvalue weighted by atomic mass is 9.78. The van der Waals surface area contributed by atoms with E-state index >= 15 is 0 Å². The summed E-state index contributed by atoms with van der Waals surface area (Å²) >= 11 is 0. The number of rotatable bonds is 7. The fourth-order valence-corrected chi connectivity index (χ4v) is 3.75. The molecule has 0 saturated heterocycles. The van der Waals surface area contributed by atoms with E-state index in [1.54, 1.807) is 0 Å². The quantitative estimate of drug-likeness (QED) is 0.459. The molecule has 4 heteroatoms. The minimum Gasteiger partial charge on any atom is -0.378 e. The minimum atomic E-state index is 0.509. The largest absolute Gasteiger partial charge is 0.378 e. The molecule has 0 bridgehead atoms. The molecule has 4 nitrogen and oxygen atoms in total. The van der Waals surface area contributed by atoms with Crippen LogP contribution in [-0.2, 0) is 11.2 Å². The molecule has 0 aliphatic heterocycles. The molecular weight excluding hydrogens is 298 g/mol. The molecule has 3 rings (SSSR count). The highest BCUT2D eigenvalue weighted by Gasteiger charge is 2.25. The fraction of sp³-hybridized carbons (Fsp3) is 0.650. The molecule has 0 heterocycles. The molecule has 1 saturated carbocycles. The molecule has 1 aromatic carbocycles. The molecule has 2 aliphatic rings. The van der Waals surface area contributed by atoms with Crippen LogP contribution in [-0.4, -0.2) is 38.8 Å². The summed E-state index contributed by atoms with van der Waals surface area (Å²) in [5, 5.41) is 6.84. The molecule has 1 fully saturated rings. The van der Waals surface area contributed by atoms with E-state index in [0.717, 1.165) is 32.1 Å². The van der Waals surface area contributed by atoms with Crippen LogP contribution in [0.1, 0.15) is 55.6 Å². The minimum absolute atomic E-state index is 0.509. The Morgan fingerprint density at radius 2 is 2.00 bits per heavy atom. The van der Waals surface area contributed by atoms with E-state index in [1.807, 2.05) is 7.05 Å². The van der Waals surface area contributed by atoms with Crippen molar-refractivity contribution >= 4 is 5.96 Å². The van der Waals surface area contributed by atoms with Crippen LogP contribution in [0.25, 0.3) is 0 Å². The molecular formula is C20H31N3O. The van der Waals surface area contributed by atoms with Gasteiger partial charge in [-0.15, -0.1) is 0 Å². The highest BCUT2D eigenvalue weighted by molar-refractivity contribution is 5.79. The van der Waals surface area contributed by atoms with E-state index in [-0.39, 0.29) is 0 Å². The summed E-state index contributed by atoms with van der Waals surface area (Å²) in [4.78, 5) is 4.32. The van der Waals surface area contributed by atoms with Crippen LogP contribution in [0, 0.1) is 0 Å². The second-order valence-electron chi connectivity index (χ2n) is 6.96. The van der Waals surface area contributed by atoms with Crippen molar-refractivity contribution in [2.75, 3.05) is 26.7 Å². The van der Waals surface area contributed by atoms with Crippen LogP contribution in [0.4, 0.5) is 0 Å². The van der Waals surface area contributed by atoms with Crippen LogP contribution >= 0.6 is 0 Å². The Hall–Kier alpha value is -1.55. The number of aliphatic imine (C=N–C) groups is 1. The van der Waals surface area contributed by atoms with Crippen molar-refractivity contribution in [1.29, 1.82) is 0 Å². The molecule has 2 aliphatic carbocycles. The van der Waals surface area contributed by atoms with Crippen molar-refractivity contribution in [3.05, 3.63) is 35.4 Å². The lowest BCUT2D eigenvalue weighted by Gasteiger charge is -2.30. The number of ether oxygens (including phenoxy) is 1. The average Bonchev–Trinajstić information content (AvgIpc) is 2.61. The number of nitrogens with one attached hydrogen (secondary N) is 2. The second-order valence-corrected chi connectivity index (χ2v) is 6.96. The second kappa shape index (κ2) is 9.07. The first kappa shape index (κ1) is 17.3. The predicted octanol–water partition coefficient (Wildman–Crippen LogP) is 3.23. The van der Waals surface area contributed by atoms with Gasteiger partial charge in [-0.3, -0.25) is 4.99 Å². The van der Waals surface area contributed by atoms with Gasteiger partial charge < -0.3 is 15.4 Å². The SMILES string of the molecule is CN=C(NCCCOC1CCCCC1)NCC1Cc2ccccc21. The van der Waals surface area contributed by atoms with Crippen molar-refractivity contribution in [2.24, 2.45) is 4.99 Å². The standard InChI is InChI=1S/C20H31N3O/c1-21-20(22-12-7-13-24-18-9-3-2-4-10-18)23-15-17-14-16-8-5-6-11-19(16)17/h5-6,8,11,17-18H,2-4,7,9-10,12-15H2,1H3,(H2,21,22,23). The number of guanidine groups is 1. The maximum Gasteiger partial charge on any atom is 0.190 e. The van der Waals surface area contributed by atoms with E-state index in [9.17, 15) is 0 Å². The maximum absolute atomic E-state index is 5.96. The van der Waals surface area contributed by atoms with Crippen molar-refractivity contribution in [1.82, 2.24) is 10.6 Å². The molecule has 1 aromatic rings. The van der Waals surface area contributed by atoms with E-state index in [1.165, 1.54) is 49.7 Å². The average molecular weight is 329 g/mol. The smallest absolute Gasteiger partial charge is 0.190 e. The van der Waals surface area contributed by atoms with Crippen LogP contribution in [0.2, 0.25) is 0 Å². The summed E-state index contributed by atoms with van der Waals surface area (Å²) < 4.78 is 5.96. The van der Waals surface area contributed by atoms with Crippen molar-refractivity contribution in [3.63, 3.8) is 0 Å². The zero-order chi connectivity index (χ0) is 16.6. The van der Waals surface area contributed by atoms with E-state index in [0.29, 0.717) is 12.0 Å². The third-order valence-corrected chi connectivity index (χ3v) is 5.22. The fourth-order valence-electron chi connectivity index (χ4n) is 3.75. The first-order chi connectivity index (χ1) is 11.9. The van der Waals surface area contributed by atoms with Gasteiger partial charge in [-0.25, -0.2) is 0 Å². The molecule has 0 aromatic heterocycles. The Labute approximate surface area is 146 Å². The van der Waals surface area contributed by atoms with Gasteiger partial charge in [0.25, 0.3) is 0 Å². The summed E-state index contributed by atoms with van der Waals surface area (Å²) in [5.41, 5.74) is 2.98. The molecule has 0 radical (unpaired) electrons. The highest BCUT2D eigenvalue weighted by atomic mass is 16.5. The van der Waals surface area contributed by atoms with Gasteiger partial charge in [0.05, 0.1) is 6.10 Å². The summed E-state index contributed by atoms with van der Waals surface area (Å²) in [7, 11) is 1.84. The van der Waals surface area contributed by atoms with Gasteiger partial charge in [0.1, 0.15) is 0 Å². The van der Waals surface area contributed by atoms with Gasteiger partial charge >= 0.3 is 0 Å². The molecule has 132 valence electrons. The van der Waals surface area contributed by atoms with Gasteiger partial charge in [-0.2, -0.15) is 0 Å². The Morgan fingerprint density at radius 3 is 2.79 bits per heavy atom. The predicted molar refractivity (Wildman–Crippen MR) is 99.7 cm³/mol. The zero-order valence-corrected chi connectivity index (χ0v) is 14.9. The van der Waals surface area contributed by atoms with Crippen LogP contribution < -0.4 is 10.6 Å². The molecule has 1 atom stereocenters. The van der Waals surface area contributed by atoms with Gasteiger partial charge in [0.15, 0.2) is 5.96 Å². The molecule has 2 N–H and O–H groups in total. The van der Waals surface area contributed by atoms with Gasteiger partial charge in [0, 0.05) is 32.7 Å². The molecule has 0 amide bonds. The van der Waals surface area contributed by atoms with Crippen LogP contribution in [0.5, 0.6) is 0 Å². The van der Waals surface area contributed by atoms with Crippen molar-refractivity contribution in [2.45, 2.75) is 57.0 Å². The maximum atomic E-state index is 5.96. The Morgan fingerprint density at radius 1 is 1.17 bits per heavy atom. The monoisotopic (exact) mass is 329 g/mol. The summed E-state index contributed by atoms with van der Waals surface area (Å²) in [6.07, 6.45) is 9.27. The van der Waals surface area contributed by atoms with E-state index in [2.05, 4.69) is 39.9 Å². The Balaban J connectivity index is 1.27. The number of fused-ring (bicyclic) bond motifs is 1. The lowest BCUT2D eigenvalue weighted by Crippen LogP contribution is -2.41. The zero-order valence-electron chi connectivity index (χ0n) is 14.9. The third-order valence-electron chi connectivity index (χ3n) is 5.22. The van der Waals surface area contributed by atoms with Gasteiger partial charge in [-0.05, 0) is 36.8 Å². The highest BCUT2D eigenvalue weighted by Crippen LogP contribution is 2.33. The Bertz CT molecular complexity index is 537. The van der Waals surface area contributed by atoms with Crippen LogP contribution in [0.15, 0.2) is 29.3 Å². The van der Waals surface area contributed by atoms with E-state index in [4.69, 9.17) is 4.74 Å². The summed E-state index contributed by atoms with van der Waals surface area (Å²) in [6.45, 7) is 2.72. The Kier molecular flexibility index (Phi) is 6.53. The van der Waals surface area contributed by atoms with Crippen LogP contribution in [0.3, 0.4) is 0 Å². The topological polar surface area (TPSA) is 45.7 Å². The third kappa shape index (κ3) is 4.73. The normalized spacial score (nSPS) is 21.0. The van der Waals surface area contributed by atoms with Crippen molar-refractivity contribution in [3.8, 4) is 0 Å². The lowest BCUT2D eigenvalue weighted by molar-refractivity contribution is 0.0277. The summed E-state index contributed by atoms with van der Waals surface area (Å²) in [6, 6.07) is 8.72. The first-order valence-electron chi connectivity index (χ1n) is 9.50. The molecule has 1 unspecified atom stereocenters. The van der Waals surface area contributed by atoms with Gasteiger partial charge in [-0.1, -0.05) is 43.5 Å². The number of hydrogen-bond acceptors (Lipinski definition) is 2. The number of benzene rings is 1. The number of hydrogen-bond donors (Lipinski definition) is 2. The summed E-state index contributed by atoms with van der Waals surface area (Å²) in [5.74, 6) is 1.52. The first-order valence-corrected chi connectivity index (χ1v) is 9.50. The van der Waals surface area contributed by atoms with Gasteiger partial charge in [0.2, 0.25) is 0 Å². The molecule has 0 spiro atoms.